The highest BCUT2D eigenvalue weighted by molar-refractivity contribution is 6.31. The Morgan fingerprint density at radius 1 is 1.17 bits per heavy atom. The van der Waals surface area contributed by atoms with Crippen molar-refractivity contribution < 1.29 is 14.3 Å². The molecule has 1 aromatic carbocycles. The van der Waals surface area contributed by atoms with Crippen molar-refractivity contribution in [1.29, 1.82) is 0 Å². The van der Waals surface area contributed by atoms with Crippen LogP contribution in [-0.2, 0) is 4.74 Å². The largest absolute Gasteiger partial charge is 0.490 e. The van der Waals surface area contributed by atoms with Gasteiger partial charge < -0.3 is 9.47 Å². The molecule has 0 atom stereocenters. The molecule has 4 heteroatoms. The van der Waals surface area contributed by atoms with Gasteiger partial charge in [-0.05, 0) is 52.3 Å². The third-order valence-corrected chi connectivity index (χ3v) is 2.59. The summed E-state index contributed by atoms with van der Waals surface area (Å²) in [4.78, 5) is 12.0. The van der Waals surface area contributed by atoms with Gasteiger partial charge in [0.05, 0.1) is 12.2 Å². The van der Waals surface area contributed by atoms with E-state index in [2.05, 4.69) is 0 Å². The van der Waals surface area contributed by atoms with Crippen molar-refractivity contribution >= 4 is 17.6 Å². The van der Waals surface area contributed by atoms with Gasteiger partial charge in [-0.3, -0.25) is 0 Å². The first-order valence-corrected chi connectivity index (χ1v) is 6.36. The molecule has 0 unspecified atom stereocenters. The molecule has 0 N–H and O–H groups in total. The summed E-state index contributed by atoms with van der Waals surface area (Å²) in [5.74, 6) is 0.0973. The van der Waals surface area contributed by atoms with E-state index in [1.807, 2.05) is 20.8 Å². The second-order valence-electron chi connectivity index (χ2n) is 4.72. The van der Waals surface area contributed by atoms with Gasteiger partial charge in [0.2, 0.25) is 0 Å². The minimum Gasteiger partial charge on any atom is -0.490 e. The van der Waals surface area contributed by atoms with E-state index in [4.69, 9.17) is 21.1 Å². The second kappa shape index (κ2) is 6.10. The number of carbonyl (C=O) groups is 1. The molecule has 0 heterocycles. The van der Waals surface area contributed by atoms with Crippen molar-refractivity contribution in [3.63, 3.8) is 0 Å². The Labute approximate surface area is 113 Å². The van der Waals surface area contributed by atoms with E-state index >= 15 is 0 Å². The minimum atomic E-state index is -0.414. The highest BCUT2D eigenvalue weighted by Crippen LogP contribution is 2.28. The Bertz CT molecular complexity index is 439. The molecule has 0 bridgehead atoms. The van der Waals surface area contributed by atoms with E-state index in [9.17, 15) is 4.79 Å². The Kier molecular flexibility index (Phi) is 5.03. The van der Waals surface area contributed by atoms with Crippen LogP contribution in [0.4, 0.5) is 0 Å². The molecular weight excluding hydrogens is 252 g/mol. The van der Waals surface area contributed by atoms with Crippen LogP contribution in [-0.4, -0.2) is 18.2 Å². The van der Waals surface area contributed by atoms with Gasteiger partial charge in [0.25, 0.3) is 0 Å². The third kappa shape index (κ3) is 3.91. The van der Waals surface area contributed by atoms with Gasteiger partial charge in [0.15, 0.2) is 0 Å². The van der Waals surface area contributed by atoms with Crippen molar-refractivity contribution in [1.82, 2.24) is 0 Å². The van der Waals surface area contributed by atoms with E-state index in [1.54, 1.807) is 26.0 Å². The lowest BCUT2D eigenvalue weighted by molar-refractivity contribution is 0.0372. The van der Waals surface area contributed by atoms with Crippen LogP contribution < -0.4 is 4.74 Å². The van der Waals surface area contributed by atoms with Crippen LogP contribution in [0.5, 0.6) is 5.75 Å². The van der Waals surface area contributed by atoms with Crippen molar-refractivity contribution in [2.24, 2.45) is 0 Å². The standard InChI is InChI=1S/C14H19ClO3/c1-8(2)17-13-6-10(5)12(15)7-11(13)14(16)18-9(3)4/h6-9H,1-5H3. The average molecular weight is 271 g/mol. The van der Waals surface area contributed by atoms with Crippen LogP contribution >= 0.6 is 11.6 Å². The van der Waals surface area contributed by atoms with Gasteiger partial charge in [0.1, 0.15) is 11.3 Å². The SMILES string of the molecule is Cc1cc(OC(C)C)c(C(=O)OC(C)C)cc1Cl. The maximum atomic E-state index is 12.0. The number of esters is 1. The molecule has 0 aliphatic rings. The van der Waals surface area contributed by atoms with Gasteiger partial charge in [-0.1, -0.05) is 11.6 Å². The summed E-state index contributed by atoms with van der Waals surface area (Å²) in [5.41, 5.74) is 1.24. The fourth-order valence-corrected chi connectivity index (χ4v) is 1.61. The molecule has 0 radical (unpaired) electrons. The van der Waals surface area contributed by atoms with Crippen molar-refractivity contribution in [2.45, 2.75) is 46.8 Å². The molecule has 0 saturated heterocycles. The van der Waals surface area contributed by atoms with E-state index in [0.717, 1.165) is 5.56 Å². The molecule has 3 nitrogen and oxygen atoms in total. The average Bonchev–Trinajstić information content (AvgIpc) is 2.21. The summed E-state index contributed by atoms with van der Waals surface area (Å²) < 4.78 is 10.8. The molecule has 100 valence electrons. The lowest BCUT2D eigenvalue weighted by Crippen LogP contribution is -2.15. The number of hydrogen-bond donors (Lipinski definition) is 0. The van der Waals surface area contributed by atoms with Crippen LogP contribution in [0.25, 0.3) is 0 Å². The Balaban J connectivity index is 3.14. The van der Waals surface area contributed by atoms with Gasteiger partial charge in [-0.15, -0.1) is 0 Å². The smallest absolute Gasteiger partial charge is 0.342 e. The first-order chi connectivity index (χ1) is 8.31. The highest BCUT2D eigenvalue weighted by Gasteiger charge is 2.18. The molecule has 0 spiro atoms. The predicted octanol–water partition coefficient (Wildman–Crippen LogP) is 4.00. The van der Waals surface area contributed by atoms with Crippen LogP contribution in [0.15, 0.2) is 12.1 Å². The second-order valence-corrected chi connectivity index (χ2v) is 5.13. The van der Waals surface area contributed by atoms with Gasteiger partial charge >= 0.3 is 5.97 Å². The summed E-state index contributed by atoms with van der Waals surface area (Å²) in [5, 5.41) is 0.529. The van der Waals surface area contributed by atoms with E-state index in [-0.39, 0.29) is 12.2 Å². The summed E-state index contributed by atoms with van der Waals surface area (Å²) in [6, 6.07) is 3.36. The Hall–Kier alpha value is -1.22. The molecule has 0 aliphatic heterocycles. The van der Waals surface area contributed by atoms with Crippen molar-refractivity contribution in [2.75, 3.05) is 0 Å². The molecular formula is C14H19ClO3. The lowest BCUT2D eigenvalue weighted by atomic mass is 10.1. The summed E-state index contributed by atoms with van der Waals surface area (Å²) >= 11 is 6.04. The number of hydrogen-bond acceptors (Lipinski definition) is 3. The number of rotatable bonds is 4. The zero-order valence-corrected chi connectivity index (χ0v) is 12.2. The zero-order valence-electron chi connectivity index (χ0n) is 11.4. The zero-order chi connectivity index (χ0) is 13.9. The highest BCUT2D eigenvalue weighted by atomic mass is 35.5. The van der Waals surface area contributed by atoms with Crippen LogP contribution in [0, 0.1) is 6.92 Å². The van der Waals surface area contributed by atoms with Gasteiger partial charge in [-0.2, -0.15) is 0 Å². The van der Waals surface area contributed by atoms with Crippen molar-refractivity contribution in [3.8, 4) is 5.75 Å². The van der Waals surface area contributed by atoms with Gasteiger partial charge in [0, 0.05) is 5.02 Å². The maximum Gasteiger partial charge on any atom is 0.342 e. The number of halogens is 1. The molecule has 0 aliphatic carbocycles. The third-order valence-electron chi connectivity index (χ3n) is 2.19. The fourth-order valence-electron chi connectivity index (χ4n) is 1.44. The Morgan fingerprint density at radius 3 is 2.28 bits per heavy atom. The first kappa shape index (κ1) is 14.8. The van der Waals surface area contributed by atoms with Crippen molar-refractivity contribution in [3.05, 3.63) is 28.3 Å². The quantitative estimate of drug-likeness (QED) is 0.776. The Morgan fingerprint density at radius 2 is 1.78 bits per heavy atom. The molecule has 0 aromatic heterocycles. The molecule has 1 aromatic rings. The maximum absolute atomic E-state index is 12.0. The normalized spacial score (nSPS) is 10.9. The van der Waals surface area contributed by atoms with E-state index in [0.29, 0.717) is 16.3 Å². The number of carbonyl (C=O) groups excluding carboxylic acids is 1. The molecule has 0 amide bonds. The molecule has 1 rings (SSSR count). The minimum absolute atomic E-state index is 0.0174. The summed E-state index contributed by atoms with van der Waals surface area (Å²) in [6.45, 7) is 9.28. The molecule has 0 saturated carbocycles. The van der Waals surface area contributed by atoms with Gasteiger partial charge in [-0.25, -0.2) is 4.79 Å². The molecule has 18 heavy (non-hydrogen) atoms. The number of benzene rings is 1. The predicted molar refractivity (Wildman–Crippen MR) is 72.5 cm³/mol. The number of ether oxygens (including phenoxy) is 2. The lowest BCUT2D eigenvalue weighted by Gasteiger charge is -2.16. The molecule has 0 fully saturated rings. The first-order valence-electron chi connectivity index (χ1n) is 5.99. The monoisotopic (exact) mass is 270 g/mol. The number of aryl methyl sites for hydroxylation is 1. The van der Waals surface area contributed by atoms with E-state index in [1.165, 1.54) is 0 Å². The summed E-state index contributed by atoms with van der Waals surface area (Å²) in [7, 11) is 0. The topological polar surface area (TPSA) is 35.5 Å². The summed E-state index contributed by atoms with van der Waals surface area (Å²) in [6.07, 6.45) is -0.194. The van der Waals surface area contributed by atoms with Crippen LogP contribution in [0.3, 0.4) is 0 Å². The van der Waals surface area contributed by atoms with E-state index < -0.39 is 5.97 Å². The fraction of sp³-hybridized carbons (Fsp3) is 0.500. The van der Waals surface area contributed by atoms with Crippen LogP contribution in [0.2, 0.25) is 5.02 Å². The van der Waals surface area contributed by atoms with Crippen LogP contribution in [0.1, 0.15) is 43.6 Å².